The largest absolute Gasteiger partial charge is 0.381 e. The van der Waals surface area contributed by atoms with Crippen LogP contribution >= 0.6 is 11.8 Å². The molecule has 0 radical (unpaired) electrons. The molecule has 250 valence electrons. The lowest BCUT2D eigenvalue weighted by Gasteiger charge is -2.31. The fraction of sp³-hybridized carbons (Fsp3) is 0.217. The zero-order valence-corrected chi connectivity index (χ0v) is 30.7. The number of allylic oxidation sites excluding steroid dienone is 7. The summed E-state index contributed by atoms with van der Waals surface area (Å²) in [6.07, 6.45) is 19.6. The topological polar surface area (TPSA) is 15.3 Å². The zero-order valence-electron chi connectivity index (χ0n) is 29.9. The molecule has 2 heterocycles. The number of fused-ring (bicyclic) bond motifs is 1. The van der Waals surface area contributed by atoms with Crippen molar-refractivity contribution < 1.29 is 0 Å². The van der Waals surface area contributed by atoms with Gasteiger partial charge in [-0.2, -0.15) is 0 Å². The predicted octanol–water partition coefficient (Wildman–Crippen LogP) is 12.9. The van der Waals surface area contributed by atoms with Crippen molar-refractivity contribution in [3.05, 3.63) is 180 Å². The molecule has 2 nitrogen and oxygen atoms in total. The normalized spacial score (nSPS) is 20.0. The molecule has 0 spiro atoms. The Labute approximate surface area is 299 Å². The lowest BCUT2D eigenvalue weighted by molar-refractivity contribution is 0.774. The Morgan fingerprint density at radius 1 is 0.755 bits per heavy atom. The van der Waals surface area contributed by atoms with Crippen molar-refractivity contribution in [2.24, 2.45) is 0 Å². The van der Waals surface area contributed by atoms with E-state index in [1.165, 1.54) is 55.3 Å². The highest BCUT2D eigenvalue weighted by Crippen LogP contribution is 2.43. The van der Waals surface area contributed by atoms with Gasteiger partial charge >= 0.3 is 0 Å². The van der Waals surface area contributed by atoms with E-state index < -0.39 is 0 Å². The maximum Gasteiger partial charge on any atom is 0.0661 e. The molecule has 2 aliphatic heterocycles. The SMILES string of the molecule is C/C1=C(N(c2ccccc2)c2ccccc2C2=CC=C(C3C=CC=CN3)C2)/C=C\Cc2cc(-c3ccccc3)ccc2SC1C.CC.CC. The first-order chi connectivity index (χ1) is 24.2. The van der Waals surface area contributed by atoms with E-state index in [0.717, 1.165) is 18.5 Å². The average molecular weight is 663 g/mol. The van der Waals surface area contributed by atoms with Crippen LogP contribution in [0.5, 0.6) is 0 Å². The molecule has 0 saturated heterocycles. The third kappa shape index (κ3) is 8.29. The number of hydrogen-bond donors (Lipinski definition) is 1. The van der Waals surface area contributed by atoms with Gasteiger partial charge in [0.05, 0.1) is 11.7 Å². The van der Waals surface area contributed by atoms with Gasteiger partial charge in [-0.25, -0.2) is 0 Å². The molecule has 2 atom stereocenters. The summed E-state index contributed by atoms with van der Waals surface area (Å²) in [6.45, 7) is 12.7. The van der Waals surface area contributed by atoms with E-state index in [0.29, 0.717) is 5.25 Å². The van der Waals surface area contributed by atoms with Crippen LogP contribution in [-0.4, -0.2) is 11.3 Å². The summed E-state index contributed by atoms with van der Waals surface area (Å²) in [5.41, 5.74) is 12.9. The van der Waals surface area contributed by atoms with Crippen LogP contribution in [0.3, 0.4) is 0 Å². The predicted molar refractivity (Wildman–Crippen MR) is 216 cm³/mol. The van der Waals surface area contributed by atoms with Gasteiger partial charge in [0.1, 0.15) is 0 Å². The van der Waals surface area contributed by atoms with Crippen LogP contribution in [-0.2, 0) is 6.42 Å². The monoisotopic (exact) mass is 662 g/mol. The summed E-state index contributed by atoms with van der Waals surface area (Å²) in [5.74, 6) is 0. The minimum Gasteiger partial charge on any atom is -0.381 e. The maximum atomic E-state index is 3.50. The summed E-state index contributed by atoms with van der Waals surface area (Å²) in [6, 6.07) is 37.6. The summed E-state index contributed by atoms with van der Waals surface area (Å²) in [4.78, 5) is 3.83. The first-order valence-electron chi connectivity index (χ1n) is 17.8. The van der Waals surface area contributed by atoms with Crippen molar-refractivity contribution in [2.45, 2.75) is 70.6 Å². The number of hydrogen-bond acceptors (Lipinski definition) is 3. The molecule has 4 aromatic carbocycles. The van der Waals surface area contributed by atoms with Gasteiger partial charge in [0.15, 0.2) is 0 Å². The standard InChI is InChI=1S/C42H38N2S.2C2H6/c1-30-31(2)45-42-26-25-33(32-14-5-3-6-15-32)28-36(42)16-13-22-40(30)44(37-17-7-4-8-18-37)41-21-10-9-19-38(41)34-23-24-35(29-34)39-20-11-12-27-43-39;2*1-2/h3-15,17-28,31,39,43H,16,29H2,1-2H3;2*1-2H3/b22-13-,40-30+;;. The number of thioether (sulfide) groups is 1. The van der Waals surface area contributed by atoms with Crippen molar-refractivity contribution in [3.8, 4) is 11.1 Å². The van der Waals surface area contributed by atoms with Gasteiger partial charge in [-0.15, -0.1) is 11.8 Å². The molecule has 49 heavy (non-hydrogen) atoms. The van der Waals surface area contributed by atoms with Crippen molar-refractivity contribution >= 4 is 28.7 Å². The summed E-state index contributed by atoms with van der Waals surface area (Å²) in [5, 5.41) is 3.79. The summed E-state index contributed by atoms with van der Waals surface area (Å²) >= 11 is 1.97. The van der Waals surface area contributed by atoms with E-state index in [2.05, 4.69) is 164 Å². The van der Waals surface area contributed by atoms with E-state index in [4.69, 9.17) is 0 Å². The van der Waals surface area contributed by atoms with Crippen LogP contribution < -0.4 is 10.2 Å². The van der Waals surface area contributed by atoms with Crippen molar-refractivity contribution in [1.82, 2.24) is 5.32 Å². The average Bonchev–Trinajstić information content (AvgIpc) is 3.69. The van der Waals surface area contributed by atoms with Crippen LogP contribution in [0.15, 0.2) is 174 Å². The van der Waals surface area contributed by atoms with Crippen LogP contribution in [0, 0.1) is 0 Å². The van der Waals surface area contributed by atoms with E-state index in [1.54, 1.807) is 0 Å². The van der Waals surface area contributed by atoms with E-state index in [-0.39, 0.29) is 6.04 Å². The second-order valence-corrected chi connectivity index (χ2v) is 13.2. The van der Waals surface area contributed by atoms with Gasteiger partial charge in [0.25, 0.3) is 0 Å². The van der Waals surface area contributed by atoms with Gasteiger partial charge in [-0.3, -0.25) is 0 Å². The number of nitrogens with zero attached hydrogens (tertiary/aromatic N) is 1. The van der Waals surface area contributed by atoms with E-state index >= 15 is 0 Å². The molecule has 3 heteroatoms. The molecular formula is C46H50N2S. The third-order valence-corrected chi connectivity index (χ3v) is 10.3. The smallest absolute Gasteiger partial charge is 0.0661 e. The Morgan fingerprint density at radius 2 is 1.47 bits per heavy atom. The number of rotatable bonds is 6. The molecule has 0 aromatic heterocycles. The molecule has 0 amide bonds. The number of dihydropyridines is 1. The highest BCUT2D eigenvalue weighted by molar-refractivity contribution is 8.00. The first-order valence-corrected chi connectivity index (χ1v) is 18.7. The van der Waals surface area contributed by atoms with Gasteiger partial charge in [-0.05, 0) is 109 Å². The highest BCUT2D eigenvalue weighted by atomic mass is 32.2. The number of anilines is 2. The molecular weight excluding hydrogens is 613 g/mol. The van der Waals surface area contributed by atoms with Crippen LogP contribution in [0.2, 0.25) is 0 Å². The lowest BCUT2D eigenvalue weighted by Crippen LogP contribution is -2.25. The molecule has 2 unspecified atom stereocenters. The number of nitrogens with one attached hydrogen (secondary N) is 1. The molecule has 7 rings (SSSR count). The minimum absolute atomic E-state index is 0.241. The fourth-order valence-electron chi connectivity index (χ4n) is 6.38. The van der Waals surface area contributed by atoms with E-state index in [1.807, 2.05) is 51.7 Å². The quantitative estimate of drug-likeness (QED) is 0.221. The van der Waals surface area contributed by atoms with Crippen molar-refractivity contribution in [1.29, 1.82) is 0 Å². The Morgan fingerprint density at radius 3 is 2.20 bits per heavy atom. The molecule has 3 aliphatic rings. The Balaban J connectivity index is 0.00000113. The summed E-state index contributed by atoms with van der Waals surface area (Å²) in [7, 11) is 0. The molecule has 0 bridgehead atoms. The maximum absolute atomic E-state index is 3.50. The van der Waals surface area contributed by atoms with Crippen LogP contribution in [0.25, 0.3) is 16.7 Å². The van der Waals surface area contributed by atoms with Gasteiger partial charge in [0.2, 0.25) is 0 Å². The minimum atomic E-state index is 0.241. The molecule has 0 fully saturated rings. The zero-order chi connectivity index (χ0) is 34.6. The van der Waals surface area contributed by atoms with Crippen molar-refractivity contribution in [2.75, 3.05) is 4.90 Å². The molecule has 0 saturated carbocycles. The Bertz CT molecular complexity index is 1870. The second kappa shape index (κ2) is 17.6. The molecule has 1 aliphatic carbocycles. The van der Waals surface area contributed by atoms with Gasteiger partial charge in [0, 0.05) is 27.1 Å². The fourth-order valence-corrected chi connectivity index (χ4v) is 7.50. The van der Waals surface area contributed by atoms with Gasteiger partial charge < -0.3 is 10.2 Å². The highest BCUT2D eigenvalue weighted by Gasteiger charge is 2.25. The number of para-hydroxylation sites is 2. The summed E-state index contributed by atoms with van der Waals surface area (Å²) < 4.78 is 0. The Kier molecular flexibility index (Phi) is 12.8. The molecule has 1 N–H and O–H groups in total. The van der Waals surface area contributed by atoms with Crippen molar-refractivity contribution in [3.63, 3.8) is 0 Å². The van der Waals surface area contributed by atoms with E-state index in [9.17, 15) is 0 Å². The second-order valence-electron chi connectivity index (χ2n) is 11.8. The van der Waals surface area contributed by atoms with Gasteiger partial charge in [-0.1, -0.05) is 131 Å². The Hall–Kier alpha value is -4.73. The first kappa shape index (κ1) is 35.6. The van der Waals surface area contributed by atoms with Crippen LogP contribution in [0.4, 0.5) is 11.4 Å². The molecule has 4 aromatic rings. The lowest BCUT2D eigenvalue weighted by atomic mass is 9.96. The van der Waals surface area contributed by atoms with Crippen LogP contribution in [0.1, 0.15) is 59.1 Å². The third-order valence-electron chi connectivity index (χ3n) is 8.92. The number of benzene rings is 4.